The number of halogens is 1. The van der Waals surface area contributed by atoms with Crippen molar-refractivity contribution in [2.24, 2.45) is 16.3 Å². The van der Waals surface area contributed by atoms with Gasteiger partial charge < -0.3 is 16.3 Å². The van der Waals surface area contributed by atoms with Crippen molar-refractivity contribution in [1.82, 2.24) is 0 Å². The van der Waals surface area contributed by atoms with Gasteiger partial charge in [0.25, 0.3) is 0 Å². The Balaban J connectivity index is 2.94. The maximum Gasteiger partial charge on any atom is 0.238 e. The molecule has 1 amide bonds. The lowest BCUT2D eigenvalue weighted by Gasteiger charge is -2.25. The molecule has 0 heterocycles. The molecular weight excluding hydrogens is 237 g/mol. The van der Waals surface area contributed by atoms with E-state index in [4.69, 9.17) is 10.9 Å². The Bertz CT molecular complexity index is 476. The molecule has 0 radical (unpaired) electrons. The molecule has 0 aliphatic rings. The Kier molecular flexibility index (Phi) is 4.25. The summed E-state index contributed by atoms with van der Waals surface area (Å²) in [5.41, 5.74) is 4.70. The van der Waals surface area contributed by atoms with Crippen LogP contribution in [0.25, 0.3) is 0 Å². The van der Waals surface area contributed by atoms with Crippen molar-refractivity contribution in [3.63, 3.8) is 0 Å². The SMILES string of the molecule is CCC(C)(C(=O)Nc1cccc(F)c1)/C(N)=N/O. The number of benzene rings is 1. The third kappa shape index (κ3) is 2.77. The lowest BCUT2D eigenvalue weighted by Crippen LogP contribution is -2.44. The number of hydrogen-bond acceptors (Lipinski definition) is 3. The second-order valence-corrected chi connectivity index (χ2v) is 4.14. The highest BCUT2D eigenvalue weighted by Crippen LogP contribution is 2.24. The Hall–Kier alpha value is -2.11. The Labute approximate surface area is 104 Å². The summed E-state index contributed by atoms with van der Waals surface area (Å²) in [5, 5.41) is 14.1. The second-order valence-electron chi connectivity index (χ2n) is 4.14. The van der Waals surface area contributed by atoms with Crippen molar-refractivity contribution in [3.8, 4) is 0 Å². The molecule has 1 aromatic carbocycles. The second kappa shape index (κ2) is 5.48. The van der Waals surface area contributed by atoms with Crippen LogP contribution in [0, 0.1) is 11.2 Å². The third-order valence-electron chi connectivity index (χ3n) is 2.96. The van der Waals surface area contributed by atoms with Gasteiger partial charge in [-0.05, 0) is 31.5 Å². The summed E-state index contributed by atoms with van der Waals surface area (Å²) in [5.74, 6) is -1.08. The average Bonchev–Trinajstić information content (AvgIpc) is 2.36. The molecule has 18 heavy (non-hydrogen) atoms. The summed E-state index contributed by atoms with van der Waals surface area (Å²) in [6, 6.07) is 5.51. The maximum absolute atomic E-state index is 13.0. The molecule has 0 aliphatic carbocycles. The molecule has 0 saturated heterocycles. The molecule has 1 unspecified atom stereocenters. The van der Waals surface area contributed by atoms with Gasteiger partial charge in [-0.15, -0.1) is 0 Å². The molecule has 6 heteroatoms. The van der Waals surface area contributed by atoms with Crippen LogP contribution in [-0.2, 0) is 4.79 Å². The summed E-state index contributed by atoms with van der Waals surface area (Å²) in [6.07, 6.45) is 0.351. The highest BCUT2D eigenvalue weighted by molar-refractivity contribution is 6.11. The van der Waals surface area contributed by atoms with Gasteiger partial charge in [0.15, 0.2) is 5.84 Å². The molecular formula is C12H16FN3O2. The van der Waals surface area contributed by atoms with E-state index in [9.17, 15) is 9.18 Å². The van der Waals surface area contributed by atoms with Crippen LogP contribution in [0.5, 0.6) is 0 Å². The third-order valence-corrected chi connectivity index (χ3v) is 2.96. The monoisotopic (exact) mass is 253 g/mol. The van der Waals surface area contributed by atoms with E-state index in [-0.39, 0.29) is 5.84 Å². The molecule has 1 atom stereocenters. The van der Waals surface area contributed by atoms with Crippen molar-refractivity contribution in [3.05, 3.63) is 30.1 Å². The molecule has 1 rings (SSSR count). The van der Waals surface area contributed by atoms with Crippen molar-refractivity contribution in [2.45, 2.75) is 20.3 Å². The number of carbonyl (C=O) groups is 1. The Morgan fingerprint density at radius 1 is 1.61 bits per heavy atom. The zero-order chi connectivity index (χ0) is 13.8. The number of anilines is 1. The van der Waals surface area contributed by atoms with Gasteiger partial charge in [0.2, 0.25) is 5.91 Å². The van der Waals surface area contributed by atoms with E-state index in [1.54, 1.807) is 19.9 Å². The number of amidine groups is 1. The van der Waals surface area contributed by atoms with Crippen molar-refractivity contribution >= 4 is 17.4 Å². The first kappa shape index (κ1) is 14.0. The Morgan fingerprint density at radius 2 is 2.28 bits per heavy atom. The van der Waals surface area contributed by atoms with E-state index in [0.717, 1.165) is 0 Å². The van der Waals surface area contributed by atoms with Crippen molar-refractivity contribution in [1.29, 1.82) is 0 Å². The van der Waals surface area contributed by atoms with Gasteiger partial charge in [-0.1, -0.05) is 18.1 Å². The summed E-state index contributed by atoms with van der Waals surface area (Å²) in [7, 11) is 0. The van der Waals surface area contributed by atoms with Gasteiger partial charge in [-0.25, -0.2) is 4.39 Å². The molecule has 1 aromatic rings. The zero-order valence-corrected chi connectivity index (χ0v) is 10.3. The number of nitrogens with two attached hydrogens (primary N) is 1. The van der Waals surface area contributed by atoms with Crippen LogP contribution in [-0.4, -0.2) is 17.0 Å². The molecule has 0 spiro atoms. The van der Waals surface area contributed by atoms with E-state index in [1.807, 2.05) is 0 Å². The number of carbonyl (C=O) groups excluding carboxylic acids is 1. The predicted octanol–water partition coefficient (Wildman–Crippen LogP) is 1.93. The van der Waals surface area contributed by atoms with Crippen LogP contribution >= 0.6 is 0 Å². The summed E-state index contributed by atoms with van der Waals surface area (Å²) < 4.78 is 13.0. The van der Waals surface area contributed by atoms with Crippen LogP contribution in [0.15, 0.2) is 29.4 Å². The lowest BCUT2D eigenvalue weighted by atomic mass is 9.85. The zero-order valence-electron chi connectivity index (χ0n) is 10.3. The molecule has 98 valence electrons. The summed E-state index contributed by atoms with van der Waals surface area (Å²) in [4.78, 5) is 12.1. The van der Waals surface area contributed by atoms with Crippen molar-refractivity contribution in [2.75, 3.05) is 5.32 Å². The summed E-state index contributed by atoms with van der Waals surface area (Å²) in [6.45, 7) is 3.29. The molecule has 0 saturated carbocycles. The van der Waals surface area contributed by atoms with Gasteiger partial charge in [0, 0.05) is 5.69 Å². The fourth-order valence-electron chi connectivity index (χ4n) is 1.40. The minimum absolute atomic E-state index is 0.182. The van der Waals surface area contributed by atoms with Gasteiger partial charge in [0.05, 0.1) is 0 Å². The summed E-state index contributed by atoms with van der Waals surface area (Å²) >= 11 is 0. The number of nitrogens with zero attached hydrogens (tertiary/aromatic N) is 1. The maximum atomic E-state index is 13.0. The lowest BCUT2D eigenvalue weighted by molar-refractivity contribution is -0.121. The van der Waals surface area contributed by atoms with Crippen molar-refractivity contribution < 1.29 is 14.4 Å². The first-order chi connectivity index (χ1) is 8.43. The number of rotatable bonds is 4. The molecule has 5 nitrogen and oxygen atoms in total. The number of nitrogens with one attached hydrogen (secondary N) is 1. The van der Waals surface area contributed by atoms with Crippen LogP contribution < -0.4 is 11.1 Å². The van der Waals surface area contributed by atoms with E-state index >= 15 is 0 Å². The first-order valence-electron chi connectivity index (χ1n) is 5.49. The largest absolute Gasteiger partial charge is 0.409 e. The smallest absolute Gasteiger partial charge is 0.238 e. The topological polar surface area (TPSA) is 87.7 Å². The molecule has 4 N–H and O–H groups in total. The Morgan fingerprint density at radius 3 is 2.78 bits per heavy atom. The molecule has 0 aliphatic heterocycles. The van der Waals surface area contributed by atoms with E-state index in [2.05, 4.69) is 10.5 Å². The fourth-order valence-corrected chi connectivity index (χ4v) is 1.40. The minimum atomic E-state index is -1.14. The molecule has 0 bridgehead atoms. The van der Waals surface area contributed by atoms with Gasteiger partial charge in [-0.2, -0.15) is 0 Å². The van der Waals surface area contributed by atoms with E-state index in [0.29, 0.717) is 12.1 Å². The van der Waals surface area contributed by atoms with Gasteiger partial charge >= 0.3 is 0 Å². The van der Waals surface area contributed by atoms with Crippen LogP contribution in [0.2, 0.25) is 0 Å². The fraction of sp³-hybridized carbons (Fsp3) is 0.333. The van der Waals surface area contributed by atoms with Gasteiger partial charge in [0.1, 0.15) is 11.2 Å². The number of hydrogen-bond donors (Lipinski definition) is 3. The highest BCUT2D eigenvalue weighted by atomic mass is 19.1. The standard InChI is InChI=1S/C12H16FN3O2/c1-3-12(2,10(14)16-18)11(17)15-9-6-4-5-8(13)7-9/h4-7,18H,3H2,1-2H3,(H2,14,16)(H,15,17). The minimum Gasteiger partial charge on any atom is -0.409 e. The molecule has 0 fully saturated rings. The van der Waals surface area contributed by atoms with Gasteiger partial charge in [-0.3, -0.25) is 4.79 Å². The number of amides is 1. The quantitative estimate of drug-likeness (QED) is 0.331. The number of oxime groups is 1. The van der Waals surface area contributed by atoms with E-state index in [1.165, 1.54) is 18.2 Å². The van der Waals surface area contributed by atoms with Crippen LogP contribution in [0.4, 0.5) is 10.1 Å². The first-order valence-corrected chi connectivity index (χ1v) is 5.49. The van der Waals surface area contributed by atoms with Crippen LogP contribution in [0.1, 0.15) is 20.3 Å². The normalized spacial score (nSPS) is 14.9. The van der Waals surface area contributed by atoms with Crippen LogP contribution in [0.3, 0.4) is 0 Å². The van der Waals surface area contributed by atoms with E-state index < -0.39 is 17.1 Å². The predicted molar refractivity (Wildman–Crippen MR) is 66.8 cm³/mol. The highest BCUT2D eigenvalue weighted by Gasteiger charge is 2.36. The average molecular weight is 253 g/mol. The molecule has 0 aromatic heterocycles.